The Balaban J connectivity index is 0.000000715. The molecule has 0 spiro atoms. The van der Waals surface area contributed by atoms with Crippen molar-refractivity contribution < 1.29 is 19.1 Å². The van der Waals surface area contributed by atoms with Crippen LogP contribution in [0.3, 0.4) is 0 Å². The van der Waals surface area contributed by atoms with Crippen LogP contribution in [0.4, 0.5) is 5.69 Å². The topological polar surface area (TPSA) is 92.9 Å². The third-order valence-electron chi connectivity index (χ3n) is 7.11. The molecule has 3 aromatic rings. The molecule has 2 N–H and O–H groups in total. The third kappa shape index (κ3) is 12.5. The number of carbonyl (C=O) groups excluding carboxylic acids is 3. The van der Waals surface area contributed by atoms with Crippen LogP contribution in [0.1, 0.15) is 105 Å². The van der Waals surface area contributed by atoms with Crippen LogP contribution >= 0.6 is 0 Å². The van der Waals surface area contributed by atoms with Crippen molar-refractivity contribution in [3.63, 3.8) is 0 Å². The van der Waals surface area contributed by atoms with E-state index in [0.717, 1.165) is 41.8 Å². The molecule has 0 atom stereocenters. The predicted octanol–water partition coefficient (Wildman–Crippen LogP) is 7.92. The van der Waals surface area contributed by atoms with E-state index in [-0.39, 0.29) is 17.5 Å². The summed E-state index contributed by atoms with van der Waals surface area (Å²) in [7, 11) is 0. The Morgan fingerprint density at radius 1 is 0.844 bits per heavy atom. The lowest BCUT2D eigenvalue weighted by Crippen LogP contribution is -2.33. The van der Waals surface area contributed by atoms with Gasteiger partial charge >= 0.3 is 0 Å². The number of ether oxygens (including phenoxy) is 1. The molecule has 246 valence electrons. The van der Waals surface area contributed by atoms with Gasteiger partial charge < -0.3 is 15.4 Å². The number of carbonyl (C=O) groups is 3. The van der Waals surface area contributed by atoms with Gasteiger partial charge in [0.15, 0.2) is 5.78 Å². The van der Waals surface area contributed by atoms with Crippen LogP contribution in [0.5, 0.6) is 5.75 Å². The van der Waals surface area contributed by atoms with E-state index in [4.69, 9.17) is 10.5 Å². The number of fused-ring (bicyclic) bond motifs is 1. The normalized spacial score (nSPS) is 11.2. The summed E-state index contributed by atoms with van der Waals surface area (Å²) in [6.45, 7) is 20.6. The molecule has 1 amide bonds. The molecule has 0 bridgehead atoms. The molecule has 0 aliphatic carbocycles. The molecule has 7 nitrogen and oxygen atoms in total. The lowest BCUT2D eigenvalue weighted by molar-refractivity contribution is -0.118. The van der Waals surface area contributed by atoms with Crippen LogP contribution in [0.2, 0.25) is 0 Å². The summed E-state index contributed by atoms with van der Waals surface area (Å²) in [4.78, 5) is 40.3. The molecular formula is C38H55N3O4. The van der Waals surface area contributed by atoms with Gasteiger partial charge in [-0.15, -0.1) is 0 Å². The summed E-state index contributed by atoms with van der Waals surface area (Å²) >= 11 is 0. The van der Waals surface area contributed by atoms with Crippen LogP contribution in [-0.2, 0) is 24.3 Å². The number of hydrogen-bond acceptors (Lipinski definition) is 6. The average Bonchev–Trinajstić information content (AvgIpc) is 3.47. The Hall–Kier alpha value is -3.97. The molecule has 45 heavy (non-hydrogen) atoms. The zero-order valence-corrected chi connectivity index (χ0v) is 29.0. The number of ketones is 2. The van der Waals surface area contributed by atoms with E-state index in [2.05, 4.69) is 43.0 Å². The van der Waals surface area contributed by atoms with E-state index in [1.807, 2.05) is 58.9 Å². The fourth-order valence-electron chi connectivity index (χ4n) is 4.98. The fraction of sp³-hybridized carbons (Fsp3) is 0.447. The minimum absolute atomic E-state index is 0.0890. The number of Topliss-reactive ketones (excluding diaryl/α,β-unsaturated/α-hetero) is 2. The van der Waals surface area contributed by atoms with E-state index < -0.39 is 0 Å². The molecule has 0 aromatic heterocycles. The maximum Gasteiger partial charge on any atom is 0.256 e. The van der Waals surface area contributed by atoms with Gasteiger partial charge in [-0.3, -0.25) is 19.3 Å². The minimum Gasteiger partial charge on any atom is -0.492 e. The van der Waals surface area contributed by atoms with E-state index in [1.165, 1.54) is 12.5 Å². The summed E-state index contributed by atoms with van der Waals surface area (Å²) in [5, 5.41) is 0. The third-order valence-corrected chi connectivity index (χ3v) is 7.11. The second-order valence-electron chi connectivity index (χ2n) is 10.6. The largest absolute Gasteiger partial charge is 0.492 e. The van der Waals surface area contributed by atoms with Gasteiger partial charge in [-0.25, -0.2) is 0 Å². The molecule has 1 aliphatic heterocycles. The number of rotatable bonds is 11. The number of nitrogens with two attached hydrogens (primary N) is 1. The zero-order chi connectivity index (χ0) is 33.9. The summed E-state index contributed by atoms with van der Waals surface area (Å²) in [6.07, 6.45) is 2.12. The molecule has 0 saturated carbocycles. The second kappa shape index (κ2) is 20.9. The summed E-state index contributed by atoms with van der Waals surface area (Å²) < 4.78 is 5.93. The van der Waals surface area contributed by atoms with E-state index in [0.29, 0.717) is 49.6 Å². The van der Waals surface area contributed by atoms with Gasteiger partial charge in [-0.2, -0.15) is 0 Å². The van der Waals surface area contributed by atoms with Crippen molar-refractivity contribution in [2.24, 2.45) is 0 Å². The lowest BCUT2D eigenvalue weighted by Gasteiger charge is -2.20. The van der Waals surface area contributed by atoms with Crippen LogP contribution in [0.25, 0.3) is 0 Å². The van der Waals surface area contributed by atoms with Crippen LogP contribution in [-0.4, -0.2) is 53.5 Å². The molecular weight excluding hydrogens is 562 g/mol. The Kier molecular flexibility index (Phi) is 18.1. The van der Waals surface area contributed by atoms with Crippen LogP contribution in [0.15, 0.2) is 60.7 Å². The number of aryl methyl sites for hydroxylation is 2. The molecule has 1 aliphatic rings. The summed E-state index contributed by atoms with van der Waals surface area (Å²) in [5.41, 5.74) is 11.6. The van der Waals surface area contributed by atoms with Gasteiger partial charge in [0.05, 0.1) is 12.1 Å². The van der Waals surface area contributed by atoms with Crippen molar-refractivity contribution >= 4 is 23.2 Å². The Labute approximate surface area is 271 Å². The average molecular weight is 618 g/mol. The molecule has 3 aromatic carbocycles. The molecule has 0 radical (unpaired) electrons. The molecule has 7 heteroatoms. The number of hydrogen-bond donors (Lipinski definition) is 1. The maximum atomic E-state index is 13.2. The first-order valence-electron chi connectivity index (χ1n) is 16.3. The molecule has 0 unspecified atom stereocenters. The summed E-state index contributed by atoms with van der Waals surface area (Å²) in [6, 6.07) is 19.6. The zero-order valence-electron chi connectivity index (χ0n) is 29.0. The number of benzene rings is 3. The van der Waals surface area contributed by atoms with Gasteiger partial charge in [-0.1, -0.05) is 77.9 Å². The highest BCUT2D eigenvalue weighted by Crippen LogP contribution is 2.30. The van der Waals surface area contributed by atoms with Gasteiger partial charge in [0, 0.05) is 30.9 Å². The highest BCUT2D eigenvalue weighted by Gasteiger charge is 2.27. The smallest absolute Gasteiger partial charge is 0.256 e. The predicted molar refractivity (Wildman–Crippen MR) is 187 cm³/mol. The number of nitrogens with zero attached hydrogens (tertiary/aromatic N) is 2. The lowest BCUT2D eigenvalue weighted by atomic mass is 10.00. The van der Waals surface area contributed by atoms with Crippen molar-refractivity contribution in [3.8, 4) is 5.75 Å². The first-order chi connectivity index (χ1) is 21.6. The number of anilines is 1. The molecule has 0 fully saturated rings. The van der Waals surface area contributed by atoms with Crippen molar-refractivity contribution in [1.29, 1.82) is 0 Å². The fourth-order valence-corrected chi connectivity index (χ4v) is 4.98. The molecule has 1 heterocycles. The van der Waals surface area contributed by atoms with Crippen molar-refractivity contribution in [1.82, 2.24) is 9.80 Å². The van der Waals surface area contributed by atoms with Gasteiger partial charge in [0.25, 0.3) is 5.91 Å². The van der Waals surface area contributed by atoms with Gasteiger partial charge in [0.1, 0.15) is 18.1 Å². The Morgan fingerprint density at radius 2 is 1.49 bits per heavy atom. The first kappa shape index (κ1) is 39.1. The van der Waals surface area contributed by atoms with Crippen LogP contribution in [0, 0.1) is 6.92 Å². The Morgan fingerprint density at radius 3 is 2.04 bits per heavy atom. The van der Waals surface area contributed by atoms with Crippen LogP contribution < -0.4 is 10.5 Å². The Bertz CT molecular complexity index is 1350. The minimum atomic E-state index is -0.187. The first-order valence-corrected chi connectivity index (χ1v) is 16.3. The SMILES string of the molecule is CC.CC.CCCN(CCOc1ccc2c(c1)CN(C(=O)c1cc(C(C)=O)c(C)cc1N)C2)CC(C)=O.CCc1ccccc1. The van der Waals surface area contributed by atoms with Gasteiger partial charge in [0.2, 0.25) is 0 Å². The molecule has 4 rings (SSSR count). The van der Waals surface area contributed by atoms with Crippen molar-refractivity contribution in [2.75, 3.05) is 32.0 Å². The van der Waals surface area contributed by atoms with Crippen molar-refractivity contribution in [2.45, 2.75) is 88.2 Å². The molecule has 0 saturated heterocycles. The highest BCUT2D eigenvalue weighted by atomic mass is 16.5. The van der Waals surface area contributed by atoms with E-state index >= 15 is 0 Å². The second-order valence-corrected chi connectivity index (χ2v) is 10.6. The van der Waals surface area contributed by atoms with E-state index in [9.17, 15) is 14.4 Å². The van der Waals surface area contributed by atoms with E-state index in [1.54, 1.807) is 24.0 Å². The highest BCUT2D eigenvalue weighted by molar-refractivity contribution is 6.04. The maximum absolute atomic E-state index is 13.2. The standard InChI is InChI=1S/C26H33N3O4.C8H10.2C2H6/c1-5-8-28(14-18(3)30)9-10-33-22-7-6-20-15-29(16-21(20)12-22)26(32)24-13-23(19(4)31)17(2)11-25(24)27;1-2-8-6-4-3-5-7-8;2*1-2/h6-7,11-13H,5,8-10,14-16,27H2,1-4H3;3-7H,2H2,1H3;2*1-2H3. The number of nitrogen functional groups attached to an aromatic ring is 1. The van der Waals surface area contributed by atoms with Crippen molar-refractivity contribution in [3.05, 3.63) is 94.0 Å². The van der Waals surface area contributed by atoms with Gasteiger partial charge in [-0.05, 0) is 86.7 Å². The monoisotopic (exact) mass is 617 g/mol. The quantitative estimate of drug-likeness (QED) is 0.174. The summed E-state index contributed by atoms with van der Waals surface area (Å²) in [5.74, 6) is 0.619. The number of amides is 1.